The van der Waals surface area contributed by atoms with E-state index < -0.39 is 29.2 Å². The molecule has 3 rings (SSSR count). The summed E-state index contributed by atoms with van der Waals surface area (Å²) in [7, 11) is 1.43. The molecule has 0 saturated carbocycles. The molecule has 0 spiro atoms. The molecule has 0 bridgehead atoms. The summed E-state index contributed by atoms with van der Waals surface area (Å²) in [6.07, 6.45) is 1.86. The Balaban J connectivity index is 2.20. The number of hydrogen-bond acceptors (Lipinski definition) is 5. The third-order valence-corrected chi connectivity index (χ3v) is 5.30. The van der Waals surface area contributed by atoms with Crippen molar-refractivity contribution in [1.29, 1.82) is 0 Å². The second-order valence-corrected chi connectivity index (χ2v) is 8.07. The molecule has 0 fully saturated rings. The van der Waals surface area contributed by atoms with E-state index in [1.165, 1.54) is 25.4 Å². The van der Waals surface area contributed by atoms with Gasteiger partial charge < -0.3 is 4.74 Å². The normalized spacial score (nSPS) is 11.1. The second kappa shape index (κ2) is 9.56. The molecule has 0 radical (unpaired) electrons. The number of nitrogens with zero attached hydrogens (tertiary/aromatic N) is 3. The Kier molecular flexibility index (Phi) is 7.03. The van der Waals surface area contributed by atoms with Crippen LogP contribution in [0.1, 0.15) is 30.7 Å². The van der Waals surface area contributed by atoms with Gasteiger partial charge in [-0.3, -0.25) is 9.59 Å². The van der Waals surface area contributed by atoms with Crippen LogP contribution in [0.25, 0.3) is 11.1 Å². The van der Waals surface area contributed by atoms with E-state index in [0.29, 0.717) is 17.5 Å². The van der Waals surface area contributed by atoms with E-state index in [4.69, 9.17) is 16.3 Å². The number of hydrogen-bond donors (Lipinski definition) is 0. The van der Waals surface area contributed by atoms with Crippen LogP contribution in [0, 0.1) is 24.6 Å². The molecule has 0 amide bonds. The maximum absolute atomic E-state index is 15.2. The van der Waals surface area contributed by atoms with Crippen molar-refractivity contribution in [1.82, 2.24) is 14.8 Å². The summed E-state index contributed by atoms with van der Waals surface area (Å²) in [6, 6.07) is 5.46. The predicted octanol–water partition coefficient (Wildman–Crippen LogP) is 4.43. The third kappa shape index (κ3) is 4.85. The number of carbonyl (C=O) groups excluding carboxylic acids is 1. The Labute approximate surface area is 188 Å². The highest BCUT2D eigenvalue weighted by Crippen LogP contribution is 2.37. The molecule has 3 aromatic rings. The summed E-state index contributed by atoms with van der Waals surface area (Å²) in [5.74, 6) is -2.49. The highest BCUT2D eigenvalue weighted by molar-refractivity contribution is 6.31. The van der Waals surface area contributed by atoms with Gasteiger partial charge in [0.05, 0.1) is 11.5 Å². The Bertz CT molecular complexity index is 1240. The molecule has 0 unspecified atom stereocenters. The fourth-order valence-electron chi connectivity index (χ4n) is 3.30. The van der Waals surface area contributed by atoms with Crippen LogP contribution in [0.2, 0.25) is 5.02 Å². The average Bonchev–Trinajstić information content (AvgIpc) is 2.73. The first kappa shape index (κ1) is 23.5. The standard InChI is InChI=1S/C23H22ClF2N3O3/c1-12(2)23(31)32-21-13(3)28-29(4)22(30)20(21)19-15(16(24)7-8-17(19)25)6-5-14-9-10-27-18(26)11-14/h7-12H,5-6H2,1-4H3. The first-order valence-corrected chi connectivity index (χ1v) is 10.3. The van der Waals surface area contributed by atoms with Crippen LogP contribution in [0.15, 0.2) is 35.3 Å². The SMILES string of the molecule is Cc1nn(C)c(=O)c(-c2c(F)ccc(Cl)c2CCc2ccnc(F)c2)c1OC(=O)C(C)C. The monoisotopic (exact) mass is 461 g/mol. The third-order valence-electron chi connectivity index (χ3n) is 4.95. The fraction of sp³-hybridized carbons (Fsp3) is 0.304. The molecule has 2 aromatic heterocycles. The van der Waals surface area contributed by atoms with Gasteiger partial charge in [-0.25, -0.2) is 14.1 Å². The van der Waals surface area contributed by atoms with Crippen LogP contribution in [0.3, 0.4) is 0 Å². The number of halogens is 3. The van der Waals surface area contributed by atoms with Crippen LogP contribution in [0.5, 0.6) is 5.75 Å². The minimum Gasteiger partial charge on any atom is -0.423 e. The first-order valence-electron chi connectivity index (χ1n) is 9.97. The Morgan fingerprint density at radius 3 is 2.56 bits per heavy atom. The summed E-state index contributed by atoms with van der Waals surface area (Å²) in [4.78, 5) is 28.9. The van der Waals surface area contributed by atoms with Crippen LogP contribution in [-0.2, 0) is 24.7 Å². The molecule has 0 saturated heterocycles. The van der Waals surface area contributed by atoms with E-state index in [1.807, 2.05) is 0 Å². The summed E-state index contributed by atoms with van der Waals surface area (Å²) in [6.45, 7) is 4.85. The second-order valence-electron chi connectivity index (χ2n) is 7.66. The van der Waals surface area contributed by atoms with Crippen LogP contribution >= 0.6 is 11.6 Å². The van der Waals surface area contributed by atoms with Crippen LogP contribution in [-0.4, -0.2) is 20.7 Å². The van der Waals surface area contributed by atoms with Crippen LogP contribution in [0.4, 0.5) is 8.78 Å². The highest BCUT2D eigenvalue weighted by Gasteiger charge is 2.26. The number of pyridine rings is 1. The van der Waals surface area contributed by atoms with E-state index >= 15 is 4.39 Å². The smallest absolute Gasteiger partial charge is 0.313 e. The largest absolute Gasteiger partial charge is 0.423 e. The number of carbonyl (C=O) groups is 1. The maximum Gasteiger partial charge on any atom is 0.313 e. The lowest BCUT2D eigenvalue weighted by Gasteiger charge is -2.18. The summed E-state index contributed by atoms with van der Waals surface area (Å²) in [5.41, 5.74) is 0.384. The van der Waals surface area contributed by atoms with E-state index in [0.717, 1.165) is 10.7 Å². The van der Waals surface area contributed by atoms with Crippen molar-refractivity contribution < 1.29 is 18.3 Å². The lowest BCUT2D eigenvalue weighted by atomic mass is 9.94. The number of rotatable bonds is 6. The summed E-state index contributed by atoms with van der Waals surface area (Å²) in [5, 5.41) is 4.31. The maximum atomic E-state index is 15.2. The van der Waals surface area contributed by atoms with Crippen molar-refractivity contribution in [2.75, 3.05) is 0 Å². The molecule has 9 heteroatoms. The van der Waals surface area contributed by atoms with E-state index in [9.17, 15) is 14.0 Å². The van der Waals surface area contributed by atoms with Crippen molar-refractivity contribution in [2.24, 2.45) is 13.0 Å². The van der Waals surface area contributed by atoms with E-state index in [1.54, 1.807) is 26.8 Å². The van der Waals surface area contributed by atoms with Gasteiger partial charge in [-0.2, -0.15) is 9.49 Å². The fourth-order valence-corrected chi connectivity index (χ4v) is 3.55. The number of aromatic nitrogens is 3. The van der Waals surface area contributed by atoms with Gasteiger partial charge in [-0.1, -0.05) is 25.4 Å². The highest BCUT2D eigenvalue weighted by atomic mass is 35.5. The molecular formula is C23H22ClF2N3O3. The molecule has 168 valence electrons. The molecule has 0 N–H and O–H groups in total. The van der Waals surface area contributed by atoms with Gasteiger partial charge in [0, 0.05) is 23.8 Å². The van der Waals surface area contributed by atoms with Gasteiger partial charge in [0.15, 0.2) is 5.75 Å². The average molecular weight is 462 g/mol. The molecule has 32 heavy (non-hydrogen) atoms. The van der Waals surface area contributed by atoms with Gasteiger partial charge >= 0.3 is 5.97 Å². The van der Waals surface area contributed by atoms with Gasteiger partial charge in [0.25, 0.3) is 5.56 Å². The quantitative estimate of drug-likeness (QED) is 0.401. The number of esters is 1. The van der Waals surface area contributed by atoms with Gasteiger partial charge in [-0.05, 0) is 55.2 Å². The Morgan fingerprint density at radius 1 is 1.19 bits per heavy atom. The molecular weight excluding hydrogens is 440 g/mol. The minimum atomic E-state index is -0.699. The van der Waals surface area contributed by atoms with E-state index in [2.05, 4.69) is 10.1 Å². The van der Waals surface area contributed by atoms with Crippen molar-refractivity contribution in [3.05, 3.63) is 74.4 Å². The van der Waals surface area contributed by atoms with Gasteiger partial charge in [0.2, 0.25) is 5.95 Å². The predicted molar refractivity (Wildman–Crippen MR) is 117 cm³/mol. The minimum absolute atomic E-state index is 0.0651. The van der Waals surface area contributed by atoms with Crippen LogP contribution < -0.4 is 10.3 Å². The molecule has 0 aliphatic heterocycles. The summed E-state index contributed by atoms with van der Waals surface area (Å²) >= 11 is 6.40. The lowest BCUT2D eigenvalue weighted by molar-refractivity contribution is -0.137. The first-order chi connectivity index (χ1) is 15.1. The molecule has 0 aliphatic rings. The number of benzene rings is 1. The zero-order valence-corrected chi connectivity index (χ0v) is 18.8. The number of ether oxygens (including phenoxy) is 1. The topological polar surface area (TPSA) is 74.1 Å². The van der Waals surface area contributed by atoms with Gasteiger partial charge in [-0.15, -0.1) is 0 Å². The van der Waals surface area contributed by atoms with Gasteiger partial charge in [0.1, 0.15) is 11.5 Å². The molecule has 0 atom stereocenters. The lowest BCUT2D eigenvalue weighted by Crippen LogP contribution is -2.26. The number of aryl methyl sites for hydroxylation is 3. The zero-order valence-electron chi connectivity index (χ0n) is 18.1. The zero-order chi connectivity index (χ0) is 23.6. The van der Waals surface area contributed by atoms with Crippen molar-refractivity contribution in [3.63, 3.8) is 0 Å². The molecule has 0 aliphatic carbocycles. The summed E-state index contributed by atoms with van der Waals surface area (Å²) < 4.78 is 35.2. The van der Waals surface area contributed by atoms with Crippen molar-refractivity contribution in [2.45, 2.75) is 33.6 Å². The Hall–Kier alpha value is -3.13. The van der Waals surface area contributed by atoms with Crippen molar-refractivity contribution in [3.8, 4) is 16.9 Å². The van der Waals surface area contributed by atoms with Crippen molar-refractivity contribution >= 4 is 17.6 Å². The Morgan fingerprint density at radius 2 is 1.91 bits per heavy atom. The van der Waals surface area contributed by atoms with E-state index in [-0.39, 0.29) is 34.0 Å². The molecule has 1 aromatic carbocycles. The molecule has 6 nitrogen and oxygen atoms in total. The molecule has 2 heterocycles.